The van der Waals surface area contributed by atoms with E-state index in [1.54, 1.807) is 0 Å². The lowest BCUT2D eigenvalue weighted by molar-refractivity contribution is 0.680. The van der Waals surface area contributed by atoms with Crippen molar-refractivity contribution in [3.05, 3.63) is 248 Å². The zero-order valence-corrected chi connectivity index (χ0v) is 37.2. The zero-order chi connectivity index (χ0) is 44.0. The van der Waals surface area contributed by atoms with Crippen LogP contribution in [0, 0.1) is 0 Å². The SMILES string of the molecule is NCc1ccc(CNCc2ccc(CNCc3ccc(CNCc4ccc(CNCc5ccc(CNCc6ccc(CNCc7ccc(CN)cc7)cc6)cc5)cc4)cc3)cc2)cc1. The van der Waals surface area contributed by atoms with Crippen LogP contribution in [0.25, 0.3) is 0 Å². The number of rotatable bonds is 26. The first-order valence-corrected chi connectivity index (χ1v) is 22.8. The van der Waals surface area contributed by atoms with Gasteiger partial charge in [-0.15, -0.1) is 0 Å². The molecule has 330 valence electrons. The maximum atomic E-state index is 5.71. The zero-order valence-electron chi connectivity index (χ0n) is 37.2. The molecule has 0 radical (unpaired) electrons. The van der Waals surface area contributed by atoms with E-state index in [1.807, 2.05) is 0 Å². The molecule has 0 spiro atoms. The molecule has 64 heavy (non-hydrogen) atoms. The molecule has 0 bridgehead atoms. The molecule has 0 aliphatic carbocycles. The Kier molecular flexibility index (Phi) is 18.4. The van der Waals surface area contributed by atoms with Gasteiger partial charge in [-0.1, -0.05) is 170 Å². The minimum Gasteiger partial charge on any atom is -0.326 e. The van der Waals surface area contributed by atoms with Gasteiger partial charge in [-0.25, -0.2) is 0 Å². The number of nitrogens with two attached hydrogens (primary N) is 2. The van der Waals surface area contributed by atoms with Gasteiger partial charge in [-0.3, -0.25) is 0 Å². The standard InChI is InChI=1S/C56H66N8/c57-29-43-1-5-45(6-2-43)31-59-33-47-9-13-49(14-10-47)35-61-37-51-17-21-53(22-18-51)39-63-41-55-25-27-56(28-26-55)42-64-40-54-23-19-52(20-24-54)38-62-36-50-15-11-48(12-16-50)34-60-32-46-7-3-44(30-58)4-8-46/h1-28,59-64H,29-42,57-58H2. The Labute approximate surface area is 381 Å². The third kappa shape index (κ3) is 15.8. The molecule has 7 aromatic rings. The fourth-order valence-electron chi connectivity index (χ4n) is 7.57. The third-order valence-electron chi connectivity index (χ3n) is 11.6. The average Bonchev–Trinajstić information content (AvgIpc) is 3.34. The second-order valence-corrected chi connectivity index (χ2v) is 16.7. The van der Waals surface area contributed by atoms with Crippen molar-refractivity contribution >= 4 is 0 Å². The molecule has 0 atom stereocenters. The van der Waals surface area contributed by atoms with E-state index in [0.717, 1.165) is 89.7 Å². The second-order valence-electron chi connectivity index (χ2n) is 16.7. The van der Waals surface area contributed by atoms with Crippen molar-refractivity contribution in [3.63, 3.8) is 0 Å². The molecule has 0 fully saturated rings. The van der Waals surface area contributed by atoms with Gasteiger partial charge in [0.15, 0.2) is 0 Å². The van der Waals surface area contributed by atoms with Crippen LogP contribution in [0.3, 0.4) is 0 Å². The summed E-state index contributed by atoms with van der Waals surface area (Å²) in [6, 6.07) is 61.4. The highest BCUT2D eigenvalue weighted by Gasteiger charge is 2.03. The molecule has 7 rings (SSSR count). The molecular weight excluding hydrogens is 785 g/mol. The first kappa shape index (κ1) is 46.2. The largest absolute Gasteiger partial charge is 0.326 e. The van der Waals surface area contributed by atoms with Gasteiger partial charge in [0.25, 0.3) is 0 Å². The molecule has 0 saturated heterocycles. The Morgan fingerprint density at radius 2 is 0.266 bits per heavy atom. The summed E-state index contributed by atoms with van der Waals surface area (Å²) in [7, 11) is 0. The summed E-state index contributed by atoms with van der Waals surface area (Å²) in [5, 5.41) is 21.5. The van der Waals surface area contributed by atoms with E-state index in [-0.39, 0.29) is 0 Å². The Morgan fingerprint density at radius 1 is 0.172 bits per heavy atom. The first-order chi connectivity index (χ1) is 31.6. The maximum Gasteiger partial charge on any atom is 0.0208 e. The van der Waals surface area contributed by atoms with Gasteiger partial charge in [-0.2, -0.15) is 0 Å². The molecule has 8 heteroatoms. The van der Waals surface area contributed by atoms with Gasteiger partial charge in [0.05, 0.1) is 0 Å². The molecule has 0 aromatic heterocycles. The van der Waals surface area contributed by atoms with Crippen LogP contribution >= 0.6 is 0 Å². The summed E-state index contributed by atoms with van der Waals surface area (Å²) in [4.78, 5) is 0. The number of hydrogen-bond acceptors (Lipinski definition) is 8. The molecule has 0 saturated carbocycles. The Bertz CT molecular complexity index is 2190. The third-order valence-corrected chi connectivity index (χ3v) is 11.6. The molecular formula is C56H66N8. The Balaban J connectivity index is 0.710. The number of benzene rings is 7. The summed E-state index contributed by atoms with van der Waals surface area (Å²) in [5.41, 5.74) is 29.2. The fourth-order valence-corrected chi connectivity index (χ4v) is 7.57. The lowest BCUT2D eigenvalue weighted by atomic mass is 10.1. The van der Waals surface area contributed by atoms with E-state index < -0.39 is 0 Å². The van der Waals surface area contributed by atoms with Gasteiger partial charge >= 0.3 is 0 Å². The van der Waals surface area contributed by atoms with Crippen LogP contribution in [-0.2, 0) is 91.6 Å². The minimum absolute atomic E-state index is 0.583. The summed E-state index contributed by atoms with van der Waals surface area (Å²) in [6.45, 7) is 11.3. The molecule has 10 N–H and O–H groups in total. The second kappa shape index (κ2) is 25.5. The van der Waals surface area contributed by atoms with E-state index in [9.17, 15) is 0 Å². The van der Waals surface area contributed by atoms with Crippen molar-refractivity contribution in [2.75, 3.05) is 0 Å². The van der Waals surface area contributed by atoms with Crippen molar-refractivity contribution in [1.29, 1.82) is 0 Å². The fraction of sp³-hybridized carbons (Fsp3) is 0.250. The Morgan fingerprint density at radius 3 is 0.359 bits per heavy atom. The van der Waals surface area contributed by atoms with Crippen LogP contribution in [0.2, 0.25) is 0 Å². The van der Waals surface area contributed by atoms with Gasteiger partial charge in [0.1, 0.15) is 0 Å². The number of hydrogen-bond donors (Lipinski definition) is 8. The van der Waals surface area contributed by atoms with Gasteiger partial charge in [0, 0.05) is 91.6 Å². The van der Waals surface area contributed by atoms with E-state index in [0.29, 0.717) is 13.1 Å². The Hall–Kier alpha value is -5.78. The van der Waals surface area contributed by atoms with Crippen LogP contribution in [0.1, 0.15) is 77.9 Å². The maximum absolute atomic E-state index is 5.71. The predicted octanol–water partition coefficient (Wildman–Crippen LogP) is 8.34. The van der Waals surface area contributed by atoms with Crippen molar-refractivity contribution in [3.8, 4) is 0 Å². The van der Waals surface area contributed by atoms with Crippen LogP contribution < -0.4 is 43.4 Å². The van der Waals surface area contributed by atoms with E-state index in [4.69, 9.17) is 11.5 Å². The summed E-state index contributed by atoms with van der Waals surface area (Å²) in [6.07, 6.45) is 0. The molecule has 0 heterocycles. The van der Waals surface area contributed by atoms with Crippen LogP contribution in [-0.4, -0.2) is 0 Å². The van der Waals surface area contributed by atoms with Crippen molar-refractivity contribution in [1.82, 2.24) is 31.9 Å². The average molecular weight is 851 g/mol. The topological polar surface area (TPSA) is 124 Å². The monoisotopic (exact) mass is 851 g/mol. The lowest BCUT2D eigenvalue weighted by Gasteiger charge is -2.10. The first-order valence-electron chi connectivity index (χ1n) is 22.8. The van der Waals surface area contributed by atoms with Crippen molar-refractivity contribution in [2.24, 2.45) is 11.5 Å². The summed E-state index contributed by atoms with van der Waals surface area (Å²) < 4.78 is 0. The van der Waals surface area contributed by atoms with E-state index >= 15 is 0 Å². The molecule has 0 amide bonds. The normalized spacial score (nSPS) is 11.3. The van der Waals surface area contributed by atoms with E-state index in [2.05, 4.69) is 202 Å². The minimum atomic E-state index is 0.583. The molecule has 7 aromatic carbocycles. The van der Waals surface area contributed by atoms with Crippen LogP contribution in [0.15, 0.2) is 170 Å². The smallest absolute Gasteiger partial charge is 0.0208 e. The van der Waals surface area contributed by atoms with Crippen molar-refractivity contribution < 1.29 is 0 Å². The number of nitrogens with one attached hydrogen (secondary N) is 6. The highest BCUT2D eigenvalue weighted by Crippen LogP contribution is 2.12. The van der Waals surface area contributed by atoms with Gasteiger partial charge < -0.3 is 43.4 Å². The summed E-state index contributed by atoms with van der Waals surface area (Å²) >= 11 is 0. The van der Waals surface area contributed by atoms with Gasteiger partial charge in [0.2, 0.25) is 0 Å². The quantitative estimate of drug-likeness (QED) is 0.0274. The molecule has 8 nitrogen and oxygen atoms in total. The lowest BCUT2D eigenvalue weighted by Crippen LogP contribution is -2.15. The van der Waals surface area contributed by atoms with Crippen LogP contribution in [0.4, 0.5) is 0 Å². The highest BCUT2D eigenvalue weighted by molar-refractivity contribution is 5.29. The van der Waals surface area contributed by atoms with E-state index in [1.165, 1.54) is 66.8 Å². The molecule has 0 aliphatic heterocycles. The predicted molar refractivity (Wildman–Crippen MR) is 264 cm³/mol. The van der Waals surface area contributed by atoms with Crippen molar-refractivity contribution in [2.45, 2.75) is 91.6 Å². The van der Waals surface area contributed by atoms with Gasteiger partial charge in [-0.05, 0) is 77.9 Å². The highest BCUT2D eigenvalue weighted by atomic mass is 14.9. The molecule has 0 aliphatic rings. The summed E-state index contributed by atoms with van der Waals surface area (Å²) in [5.74, 6) is 0. The van der Waals surface area contributed by atoms with Crippen LogP contribution in [0.5, 0.6) is 0 Å². The molecule has 0 unspecified atom stereocenters.